The fraction of sp³-hybridized carbons (Fsp3) is 0.538. The molecule has 1 aliphatic carbocycles. The zero-order valence-electron chi connectivity index (χ0n) is 30.4. The monoisotopic (exact) mass is 668 g/mol. The molecule has 2 aliphatic rings. The molecule has 49 heavy (non-hydrogen) atoms. The van der Waals surface area contributed by atoms with Crippen molar-refractivity contribution in [1.82, 2.24) is 29.3 Å². The number of likely N-dealkylation sites (tertiary alicyclic amines) is 1. The summed E-state index contributed by atoms with van der Waals surface area (Å²) < 4.78 is 15.3. The maximum atomic E-state index is 12.9. The lowest BCUT2D eigenvalue weighted by atomic mass is 10.0. The van der Waals surface area contributed by atoms with Crippen LogP contribution in [-0.4, -0.2) is 60.5 Å². The topological polar surface area (TPSA) is 104 Å². The lowest BCUT2D eigenvalue weighted by Crippen LogP contribution is -2.37. The molecule has 2 aromatic carbocycles. The molecule has 4 aromatic rings. The highest BCUT2D eigenvalue weighted by Gasteiger charge is 2.40. The largest absolute Gasteiger partial charge is 0.444 e. The zero-order valence-corrected chi connectivity index (χ0v) is 30.4. The van der Waals surface area contributed by atoms with Gasteiger partial charge in [0.25, 0.3) is 0 Å². The van der Waals surface area contributed by atoms with E-state index in [2.05, 4.69) is 64.0 Å². The third-order valence-corrected chi connectivity index (χ3v) is 9.55. The summed E-state index contributed by atoms with van der Waals surface area (Å²) in [5, 5.41) is 2.84. The van der Waals surface area contributed by atoms with E-state index in [9.17, 15) is 9.59 Å². The third-order valence-electron chi connectivity index (χ3n) is 9.55. The van der Waals surface area contributed by atoms with E-state index in [1.54, 1.807) is 0 Å². The van der Waals surface area contributed by atoms with E-state index in [0.29, 0.717) is 24.9 Å². The lowest BCUT2D eigenvalue weighted by molar-refractivity contribution is 0.0216. The smallest absolute Gasteiger partial charge is 0.410 e. The van der Waals surface area contributed by atoms with Crippen LogP contribution in [0.3, 0.4) is 0 Å². The van der Waals surface area contributed by atoms with E-state index in [1.807, 2.05) is 59.7 Å². The number of carbonyl (C=O) groups is 2. The maximum Gasteiger partial charge on any atom is 0.410 e. The molecule has 1 saturated heterocycles. The minimum absolute atomic E-state index is 0.0824. The van der Waals surface area contributed by atoms with Crippen molar-refractivity contribution in [2.45, 2.75) is 109 Å². The number of nitrogens with one attached hydrogen (secondary N) is 1. The molecule has 10 heteroatoms. The Labute approximate surface area is 290 Å². The molecule has 0 spiro atoms. The van der Waals surface area contributed by atoms with Crippen LogP contribution in [0.2, 0.25) is 0 Å². The predicted molar refractivity (Wildman–Crippen MR) is 192 cm³/mol. The average Bonchev–Trinajstić information content (AvgIpc) is 3.33. The van der Waals surface area contributed by atoms with Gasteiger partial charge in [-0.25, -0.2) is 19.6 Å². The second-order valence-corrected chi connectivity index (χ2v) is 15.7. The number of aryl methyl sites for hydroxylation is 2. The quantitative estimate of drug-likeness (QED) is 0.181. The van der Waals surface area contributed by atoms with Gasteiger partial charge in [-0.2, -0.15) is 0 Å². The summed E-state index contributed by atoms with van der Waals surface area (Å²) in [6, 6.07) is 15.5. The number of carbonyl (C=O) groups excluding carboxylic acids is 2. The van der Waals surface area contributed by atoms with Crippen LogP contribution < -0.4 is 5.32 Å². The Morgan fingerprint density at radius 3 is 2.31 bits per heavy atom. The number of benzene rings is 2. The van der Waals surface area contributed by atoms with Gasteiger partial charge < -0.3 is 23.9 Å². The zero-order chi connectivity index (χ0) is 35.1. The Morgan fingerprint density at radius 1 is 0.898 bits per heavy atom. The number of nitrogens with zero attached hydrogens (tertiary/aromatic N) is 5. The molecule has 0 bridgehead atoms. The van der Waals surface area contributed by atoms with Crippen LogP contribution in [0.5, 0.6) is 0 Å². The van der Waals surface area contributed by atoms with Crippen molar-refractivity contribution in [3.05, 3.63) is 71.4 Å². The molecule has 6 rings (SSSR count). The molecule has 2 amide bonds. The summed E-state index contributed by atoms with van der Waals surface area (Å²) >= 11 is 0. The molecule has 2 fully saturated rings. The highest BCUT2D eigenvalue weighted by molar-refractivity contribution is 5.77. The molecule has 2 aromatic heterocycles. The van der Waals surface area contributed by atoms with E-state index >= 15 is 0 Å². The summed E-state index contributed by atoms with van der Waals surface area (Å²) in [5.41, 5.74) is 6.05. The van der Waals surface area contributed by atoms with Crippen molar-refractivity contribution in [3.63, 3.8) is 0 Å². The van der Waals surface area contributed by atoms with E-state index in [1.165, 1.54) is 16.6 Å². The average molecular weight is 669 g/mol. The van der Waals surface area contributed by atoms with Crippen molar-refractivity contribution in [1.29, 1.82) is 0 Å². The van der Waals surface area contributed by atoms with Gasteiger partial charge in [0.1, 0.15) is 22.9 Å². The van der Waals surface area contributed by atoms with Crippen LogP contribution in [0.1, 0.15) is 114 Å². The van der Waals surface area contributed by atoms with Crippen molar-refractivity contribution >= 4 is 23.2 Å². The van der Waals surface area contributed by atoms with E-state index in [4.69, 9.17) is 19.4 Å². The van der Waals surface area contributed by atoms with Crippen molar-refractivity contribution in [2.24, 2.45) is 14.1 Å². The van der Waals surface area contributed by atoms with Crippen molar-refractivity contribution < 1.29 is 19.1 Å². The fourth-order valence-electron chi connectivity index (χ4n) is 7.03. The highest BCUT2D eigenvalue weighted by atomic mass is 16.6. The minimum Gasteiger partial charge on any atom is -0.444 e. The van der Waals surface area contributed by atoms with Gasteiger partial charge in [0.15, 0.2) is 0 Å². The first-order valence-corrected chi connectivity index (χ1v) is 17.7. The number of hydrogen-bond acceptors (Lipinski definition) is 6. The third kappa shape index (κ3) is 7.94. The minimum atomic E-state index is -0.528. The van der Waals surface area contributed by atoms with Gasteiger partial charge in [0.2, 0.25) is 0 Å². The van der Waals surface area contributed by atoms with Crippen LogP contribution in [0.15, 0.2) is 48.7 Å². The Bertz CT molecular complexity index is 1810. The van der Waals surface area contributed by atoms with Crippen molar-refractivity contribution in [2.75, 3.05) is 13.1 Å². The standard InChI is InChI=1S/C39H52N6O4/c1-38(2,3)48-36(46)40-20-10-9-13-34-42-30-19-18-27(22-32(30)43(34)7)29-23-28(29)25-14-16-26(17-15-25)33-24-41-35(44(33)8)31-12-11-21-45(31)37(47)49-39(4,5)6/h14-19,22,24,28-29,31H,9-13,20-21,23H2,1-8H3,(H,40,46). The van der Waals surface area contributed by atoms with E-state index in [-0.39, 0.29) is 18.2 Å². The number of ether oxygens (including phenoxy) is 2. The Balaban J connectivity index is 1.06. The number of fused-ring (bicyclic) bond motifs is 1. The first-order valence-electron chi connectivity index (χ1n) is 17.7. The number of rotatable bonds is 9. The highest BCUT2D eigenvalue weighted by Crippen LogP contribution is 2.55. The van der Waals surface area contributed by atoms with Gasteiger partial charge in [-0.3, -0.25) is 4.90 Å². The molecule has 0 radical (unpaired) electrons. The van der Waals surface area contributed by atoms with E-state index in [0.717, 1.165) is 66.9 Å². The van der Waals surface area contributed by atoms with E-state index < -0.39 is 11.2 Å². The second kappa shape index (κ2) is 13.5. The number of amides is 2. The van der Waals surface area contributed by atoms with Crippen LogP contribution in [0.25, 0.3) is 22.3 Å². The Kier molecular flexibility index (Phi) is 9.52. The normalized spacial score (nSPS) is 19.3. The number of alkyl carbamates (subject to hydrolysis) is 1. The fourth-order valence-corrected chi connectivity index (χ4v) is 7.03. The van der Waals surface area contributed by atoms with Crippen LogP contribution >= 0.6 is 0 Å². The van der Waals surface area contributed by atoms with Crippen LogP contribution in [0.4, 0.5) is 9.59 Å². The summed E-state index contributed by atoms with van der Waals surface area (Å²) in [5.74, 6) is 2.96. The predicted octanol–water partition coefficient (Wildman–Crippen LogP) is 8.16. The summed E-state index contributed by atoms with van der Waals surface area (Å²) in [7, 11) is 4.14. The second-order valence-electron chi connectivity index (χ2n) is 15.7. The first kappa shape index (κ1) is 34.5. The molecule has 1 N–H and O–H groups in total. The Hall–Kier alpha value is -4.34. The van der Waals surface area contributed by atoms with Gasteiger partial charge in [-0.15, -0.1) is 0 Å². The Morgan fingerprint density at radius 2 is 1.59 bits per heavy atom. The van der Waals surface area contributed by atoms with Crippen LogP contribution in [0, 0.1) is 0 Å². The number of unbranched alkanes of at least 4 members (excludes halogenated alkanes) is 1. The molecule has 1 aliphatic heterocycles. The van der Waals surface area contributed by atoms with Gasteiger partial charge >= 0.3 is 12.2 Å². The molecular weight excluding hydrogens is 616 g/mol. The van der Waals surface area contributed by atoms with Gasteiger partial charge in [0.05, 0.1) is 29.0 Å². The first-order chi connectivity index (χ1) is 23.2. The summed E-state index contributed by atoms with van der Waals surface area (Å²) in [6.45, 7) is 12.6. The summed E-state index contributed by atoms with van der Waals surface area (Å²) in [6.07, 6.45) is 6.90. The number of hydrogen-bond donors (Lipinski definition) is 1. The van der Waals surface area contributed by atoms with Gasteiger partial charge in [0, 0.05) is 33.6 Å². The van der Waals surface area contributed by atoms with Gasteiger partial charge in [-0.1, -0.05) is 30.3 Å². The van der Waals surface area contributed by atoms with Crippen molar-refractivity contribution in [3.8, 4) is 11.3 Å². The maximum absolute atomic E-state index is 12.9. The molecule has 3 heterocycles. The van der Waals surface area contributed by atoms with Crippen LogP contribution in [-0.2, 0) is 30.0 Å². The molecule has 3 unspecified atom stereocenters. The summed E-state index contributed by atoms with van der Waals surface area (Å²) in [4.78, 5) is 36.3. The molecule has 3 atom stereocenters. The molecule has 262 valence electrons. The molecule has 10 nitrogen and oxygen atoms in total. The number of imidazole rings is 2. The number of aromatic nitrogens is 4. The molecular formula is C39H52N6O4. The van der Waals surface area contributed by atoms with Gasteiger partial charge in [-0.05, 0) is 114 Å². The SMILES string of the molecule is Cn1c(-c2ccc(C3CC3c3ccc4nc(CCCCNC(=O)OC(C)(C)C)n(C)c4c3)cc2)cnc1C1CCCN1C(=O)OC(C)(C)C. The lowest BCUT2D eigenvalue weighted by Gasteiger charge is -2.28. The molecule has 1 saturated carbocycles.